The Balaban J connectivity index is 0.000000152. The average molecular weight is 1100 g/mol. The number of hydrogen-bond donors (Lipinski definition) is 1. The molecule has 0 spiro atoms. The molecule has 2 N–H and O–H groups in total. The summed E-state index contributed by atoms with van der Waals surface area (Å²) < 4.78 is 30.3. The number of nitrogen functional groups attached to an aromatic ring is 1. The third kappa shape index (κ3) is 13.8. The molecule has 0 radical (unpaired) electrons. The van der Waals surface area contributed by atoms with Crippen molar-refractivity contribution in [1.29, 1.82) is 0 Å². The number of sulfone groups is 1. The van der Waals surface area contributed by atoms with Gasteiger partial charge in [0.15, 0.2) is 15.7 Å². The monoisotopic (exact) mass is 1100 g/mol. The summed E-state index contributed by atoms with van der Waals surface area (Å²) in [5.41, 5.74) is 7.90. The molecule has 7 aromatic carbocycles. The Morgan fingerprint density at radius 2 is 0.986 bits per heavy atom. The van der Waals surface area contributed by atoms with Gasteiger partial charge in [-0.05, 0) is 91.7 Å². The quantitative estimate of drug-likeness (QED) is 0.0783. The molecule has 1 aliphatic heterocycles. The van der Waals surface area contributed by atoms with Crippen molar-refractivity contribution in [3.63, 3.8) is 0 Å². The molecule has 0 unspecified atom stereocenters. The molecule has 2 fully saturated rings. The predicted octanol–water partition coefficient (Wildman–Crippen LogP) is 10.6. The van der Waals surface area contributed by atoms with Crippen molar-refractivity contribution in [3.05, 3.63) is 218 Å². The van der Waals surface area contributed by atoms with Gasteiger partial charge in [0.1, 0.15) is 10.6 Å². The van der Waals surface area contributed by atoms with Crippen LogP contribution in [0.5, 0.6) is 0 Å². The first-order valence-corrected chi connectivity index (χ1v) is 31.1. The van der Waals surface area contributed by atoms with Crippen LogP contribution in [0.4, 0.5) is 11.5 Å². The summed E-state index contributed by atoms with van der Waals surface area (Å²) in [7, 11) is 5.48. The molecule has 8 aromatic rings. The van der Waals surface area contributed by atoms with Gasteiger partial charge in [-0.2, -0.15) is 0 Å². The van der Waals surface area contributed by atoms with Gasteiger partial charge in [-0.15, -0.1) is 0 Å². The van der Waals surface area contributed by atoms with Crippen LogP contribution in [0.1, 0.15) is 32.4 Å². The van der Waals surface area contributed by atoms with Crippen molar-refractivity contribution < 1.29 is 29.1 Å². The standard InChI is InChI=1S/C20H26N4O3S.2C18H15P.2ClH.Pd/c1-3-28(25,26)20(8-9-20)17-12-18(24-10-11-27-13-14(24)2)23-19(22-17)15-4-6-16(21)7-5-15;2*1-4-10-16(11-5-1)19(17-12-6-2-7-13-17)18-14-8-3-9-15-18;;;/h4-7,12,14H,3,8-11,13,21H2,1-2H3;2*1-15H;2*1H;/q;;;;;+2/p-2/t14-;;;;;/m0...../s1. The Bertz CT molecular complexity index is 2580. The molecule has 1 aromatic heterocycles. The predicted molar refractivity (Wildman–Crippen MR) is 292 cm³/mol. The maximum atomic E-state index is 12.8. The first-order valence-electron chi connectivity index (χ1n) is 22.7. The van der Waals surface area contributed by atoms with Crippen LogP contribution in [0.15, 0.2) is 212 Å². The molecule has 1 saturated carbocycles. The molecule has 1 aliphatic carbocycles. The van der Waals surface area contributed by atoms with Gasteiger partial charge in [0.25, 0.3) is 0 Å². The minimum Gasteiger partial charge on any atom is -0.0622 e. The number of ether oxygens (including phenoxy) is 1. The zero-order valence-electron chi connectivity index (χ0n) is 38.5. The second-order valence-corrected chi connectivity index (χ2v) is 25.7. The van der Waals surface area contributed by atoms with Crippen molar-refractivity contribution in [3.8, 4) is 11.4 Å². The molecule has 69 heavy (non-hydrogen) atoms. The van der Waals surface area contributed by atoms with E-state index in [-0.39, 0.29) is 27.7 Å². The van der Waals surface area contributed by atoms with Crippen molar-refractivity contribution >= 4 is 88.1 Å². The van der Waals surface area contributed by atoms with Crippen molar-refractivity contribution in [1.82, 2.24) is 9.97 Å². The number of hydrogen-bond acceptors (Lipinski definition) is 7. The van der Waals surface area contributed by atoms with E-state index in [9.17, 15) is 8.42 Å². The van der Waals surface area contributed by atoms with Crippen LogP contribution in [0.25, 0.3) is 11.4 Å². The summed E-state index contributed by atoms with van der Waals surface area (Å²) in [5.74, 6) is 1.39. The van der Waals surface area contributed by atoms with Gasteiger partial charge in [0.05, 0.1) is 24.9 Å². The van der Waals surface area contributed by atoms with E-state index in [1.165, 1.54) is 31.8 Å². The number of morpholine rings is 1. The fraction of sp³-hybridized carbons (Fsp3) is 0.179. The minimum absolute atomic E-state index is 0.106. The van der Waals surface area contributed by atoms with E-state index in [0.29, 0.717) is 49.8 Å². The summed E-state index contributed by atoms with van der Waals surface area (Å²) >= 11 is -0.106. The molecule has 1 atom stereocenters. The van der Waals surface area contributed by atoms with Gasteiger partial charge in [-0.1, -0.05) is 189 Å². The first kappa shape index (κ1) is 52.1. The van der Waals surface area contributed by atoms with E-state index in [1.807, 2.05) is 18.2 Å². The molecule has 13 heteroatoms. The van der Waals surface area contributed by atoms with Gasteiger partial charge < -0.3 is 15.4 Å². The van der Waals surface area contributed by atoms with Gasteiger partial charge in [-0.3, -0.25) is 0 Å². The molecule has 358 valence electrons. The molecule has 2 aliphatic rings. The van der Waals surface area contributed by atoms with E-state index < -0.39 is 30.4 Å². The van der Waals surface area contributed by atoms with E-state index in [1.54, 1.807) is 19.1 Å². The smallest absolute Gasteiger partial charge is 0.0134 e. The summed E-state index contributed by atoms with van der Waals surface area (Å²) in [4.78, 5) is 11.7. The molecule has 7 nitrogen and oxygen atoms in total. The van der Waals surface area contributed by atoms with E-state index in [4.69, 9.17) is 39.5 Å². The van der Waals surface area contributed by atoms with Crippen molar-refractivity contribution in [2.45, 2.75) is 37.5 Å². The van der Waals surface area contributed by atoms with Crippen LogP contribution in [-0.4, -0.2) is 49.9 Å². The Morgan fingerprint density at radius 3 is 1.30 bits per heavy atom. The van der Waals surface area contributed by atoms with Crippen molar-refractivity contribution in [2.75, 3.05) is 36.1 Å². The van der Waals surface area contributed by atoms with Crippen LogP contribution < -0.4 is 42.5 Å². The SMILES string of the molecule is CCS(=O)(=O)C1(c2cc(N3CCOC[C@@H]3C)nc(-c3ccc(N)cc3)n2)CC1.[Cl][Pd][Cl].c1ccc(P(c2ccccc2)c2ccccc2)cc1.c1ccc(P(c2ccccc2)c2ccccc2)cc1. The Hall–Kier alpha value is -4.77. The second kappa shape index (κ2) is 25.9. The average Bonchev–Trinajstić information content (AvgIpc) is 4.23. The second-order valence-electron chi connectivity index (χ2n) is 16.3. The molecule has 0 bridgehead atoms. The van der Waals surface area contributed by atoms with Crippen LogP contribution in [0, 0.1) is 0 Å². The zero-order valence-corrected chi connectivity index (χ0v) is 44.2. The molecule has 2 heterocycles. The number of nitrogens with zero attached hydrogens (tertiary/aromatic N) is 3. The number of benzene rings is 7. The van der Waals surface area contributed by atoms with Gasteiger partial charge in [0.2, 0.25) is 0 Å². The largest absolute Gasteiger partial charge is 0.0622 e. The topological polar surface area (TPSA) is 98.4 Å². The summed E-state index contributed by atoms with van der Waals surface area (Å²) in [5, 5.41) is 8.39. The van der Waals surface area contributed by atoms with E-state index >= 15 is 0 Å². The maximum Gasteiger partial charge on any atom is -0.0134 e. The molecule has 10 rings (SSSR count). The van der Waals surface area contributed by atoms with E-state index in [2.05, 4.69) is 194 Å². The van der Waals surface area contributed by atoms with E-state index in [0.717, 1.165) is 11.4 Å². The fourth-order valence-electron chi connectivity index (χ4n) is 8.12. The van der Waals surface area contributed by atoms with Gasteiger partial charge in [-0.25, -0.2) is 18.4 Å². The van der Waals surface area contributed by atoms with Crippen LogP contribution >= 0.6 is 34.9 Å². The fourth-order valence-corrected chi connectivity index (χ4v) is 14.4. The Morgan fingerprint density at radius 1 is 0.623 bits per heavy atom. The molecular weight excluding hydrogens is 1050 g/mol. The Kier molecular flexibility index (Phi) is 19.5. The van der Waals surface area contributed by atoms with Gasteiger partial charge >= 0.3 is 35.0 Å². The van der Waals surface area contributed by atoms with Crippen LogP contribution in [0.3, 0.4) is 0 Å². The number of nitrogens with two attached hydrogens (primary N) is 1. The first-order chi connectivity index (χ1) is 33.7. The third-order valence-corrected chi connectivity index (χ3v) is 19.2. The molecule has 1 saturated heterocycles. The van der Waals surface area contributed by atoms with Gasteiger partial charge in [0, 0.05) is 29.6 Å². The van der Waals surface area contributed by atoms with Crippen LogP contribution in [-0.2, 0) is 35.3 Å². The maximum absolute atomic E-state index is 12.8. The third-order valence-electron chi connectivity index (χ3n) is 11.8. The summed E-state index contributed by atoms with van der Waals surface area (Å²) in [6.07, 6.45) is 1.22. The Labute approximate surface area is 427 Å². The number of anilines is 2. The molecular formula is C56H56Cl2N4O3P2PdS. The number of aromatic nitrogens is 2. The number of rotatable bonds is 11. The molecule has 0 amide bonds. The summed E-state index contributed by atoms with van der Waals surface area (Å²) in [6.45, 7) is 5.74. The van der Waals surface area contributed by atoms with Crippen LogP contribution in [0.2, 0.25) is 0 Å². The zero-order chi connectivity index (χ0) is 48.5. The van der Waals surface area contributed by atoms with Crippen molar-refractivity contribution in [2.24, 2.45) is 0 Å². The summed E-state index contributed by atoms with van der Waals surface area (Å²) in [6, 6.07) is 74.0. The minimum atomic E-state index is -3.26. The number of halogens is 2. The normalized spacial score (nSPS) is 14.9.